The standard InChI is InChI=1S/C15H23N3O2/c1-4-5-9-16-15(20)12-7-6-8-13(10-12)17-14(19)11-18(2)3/h6-8,10H,4-5,9,11H2,1-3H3,(H,16,20)(H,17,19). The van der Waals surface area contributed by atoms with E-state index < -0.39 is 0 Å². The van der Waals surface area contributed by atoms with Crippen LogP contribution in [0.1, 0.15) is 30.1 Å². The van der Waals surface area contributed by atoms with Gasteiger partial charge in [0.15, 0.2) is 0 Å². The van der Waals surface area contributed by atoms with Gasteiger partial charge in [-0.2, -0.15) is 0 Å². The Kier molecular flexibility index (Phi) is 6.73. The Morgan fingerprint density at radius 2 is 2.00 bits per heavy atom. The second kappa shape index (κ2) is 8.32. The topological polar surface area (TPSA) is 61.4 Å². The van der Waals surface area contributed by atoms with Crippen molar-refractivity contribution in [3.63, 3.8) is 0 Å². The first-order chi connectivity index (χ1) is 9.52. The first kappa shape index (κ1) is 16.2. The Morgan fingerprint density at radius 3 is 2.65 bits per heavy atom. The largest absolute Gasteiger partial charge is 0.352 e. The molecule has 0 aliphatic rings. The summed E-state index contributed by atoms with van der Waals surface area (Å²) in [5, 5.41) is 5.63. The average Bonchev–Trinajstić information content (AvgIpc) is 2.38. The van der Waals surface area contributed by atoms with Crippen LogP contribution in [0.4, 0.5) is 5.69 Å². The summed E-state index contributed by atoms with van der Waals surface area (Å²) in [5.41, 5.74) is 1.20. The Balaban J connectivity index is 2.61. The summed E-state index contributed by atoms with van der Waals surface area (Å²) in [7, 11) is 3.66. The molecule has 0 bridgehead atoms. The third-order valence-corrected chi connectivity index (χ3v) is 2.68. The van der Waals surface area contributed by atoms with E-state index in [0.29, 0.717) is 24.3 Å². The van der Waals surface area contributed by atoms with Crippen molar-refractivity contribution >= 4 is 17.5 Å². The summed E-state index contributed by atoms with van der Waals surface area (Å²) in [6.45, 7) is 3.06. The van der Waals surface area contributed by atoms with E-state index in [9.17, 15) is 9.59 Å². The van der Waals surface area contributed by atoms with Crippen molar-refractivity contribution in [1.29, 1.82) is 0 Å². The maximum Gasteiger partial charge on any atom is 0.251 e. The van der Waals surface area contributed by atoms with Crippen LogP contribution in [0.5, 0.6) is 0 Å². The monoisotopic (exact) mass is 277 g/mol. The van der Waals surface area contributed by atoms with Gasteiger partial charge in [0, 0.05) is 17.8 Å². The molecule has 2 N–H and O–H groups in total. The average molecular weight is 277 g/mol. The number of carbonyl (C=O) groups excluding carboxylic acids is 2. The lowest BCUT2D eigenvalue weighted by Crippen LogP contribution is -2.27. The van der Waals surface area contributed by atoms with Crippen molar-refractivity contribution in [3.8, 4) is 0 Å². The third kappa shape index (κ3) is 5.84. The maximum absolute atomic E-state index is 11.9. The number of anilines is 1. The molecule has 0 saturated carbocycles. The summed E-state index contributed by atoms with van der Waals surface area (Å²) in [5.74, 6) is -0.208. The number of amides is 2. The van der Waals surface area contributed by atoms with Gasteiger partial charge in [0.2, 0.25) is 5.91 Å². The number of carbonyl (C=O) groups is 2. The van der Waals surface area contributed by atoms with Crippen LogP contribution in [0.25, 0.3) is 0 Å². The van der Waals surface area contributed by atoms with Crippen LogP contribution >= 0.6 is 0 Å². The van der Waals surface area contributed by atoms with Gasteiger partial charge in [-0.15, -0.1) is 0 Å². The van der Waals surface area contributed by atoms with Crippen LogP contribution in [0, 0.1) is 0 Å². The fraction of sp³-hybridized carbons (Fsp3) is 0.467. The normalized spacial score (nSPS) is 10.4. The van der Waals surface area contributed by atoms with E-state index in [4.69, 9.17) is 0 Å². The van der Waals surface area contributed by atoms with E-state index in [-0.39, 0.29) is 11.8 Å². The maximum atomic E-state index is 11.9. The van der Waals surface area contributed by atoms with Crippen molar-refractivity contribution in [2.24, 2.45) is 0 Å². The van der Waals surface area contributed by atoms with E-state index in [1.165, 1.54) is 0 Å². The van der Waals surface area contributed by atoms with Gasteiger partial charge in [-0.25, -0.2) is 0 Å². The molecule has 1 aromatic rings. The molecule has 0 unspecified atom stereocenters. The molecule has 5 nitrogen and oxygen atoms in total. The Labute approximate surface area is 120 Å². The molecule has 110 valence electrons. The van der Waals surface area contributed by atoms with E-state index in [0.717, 1.165) is 12.8 Å². The molecule has 0 radical (unpaired) electrons. The van der Waals surface area contributed by atoms with Crippen LogP contribution in [-0.4, -0.2) is 43.9 Å². The highest BCUT2D eigenvalue weighted by molar-refractivity contribution is 5.97. The Bertz CT molecular complexity index is 458. The van der Waals surface area contributed by atoms with Gasteiger partial charge in [-0.05, 0) is 38.7 Å². The number of benzene rings is 1. The first-order valence-corrected chi connectivity index (χ1v) is 6.85. The van der Waals surface area contributed by atoms with Crippen molar-refractivity contribution in [2.45, 2.75) is 19.8 Å². The van der Waals surface area contributed by atoms with Gasteiger partial charge in [0.1, 0.15) is 0 Å². The van der Waals surface area contributed by atoms with Gasteiger partial charge in [0.25, 0.3) is 5.91 Å². The summed E-state index contributed by atoms with van der Waals surface area (Å²) in [6, 6.07) is 6.97. The smallest absolute Gasteiger partial charge is 0.251 e. The Morgan fingerprint density at radius 1 is 1.25 bits per heavy atom. The highest BCUT2D eigenvalue weighted by Gasteiger charge is 2.07. The molecule has 0 atom stereocenters. The minimum Gasteiger partial charge on any atom is -0.352 e. The van der Waals surface area contributed by atoms with Gasteiger partial charge in [-0.3, -0.25) is 9.59 Å². The number of nitrogens with zero attached hydrogens (tertiary/aromatic N) is 1. The zero-order valence-electron chi connectivity index (χ0n) is 12.4. The predicted octanol–water partition coefficient (Wildman–Crippen LogP) is 1.72. The Hall–Kier alpha value is -1.88. The van der Waals surface area contributed by atoms with Crippen LogP contribution in [0.15, 0.2) is 24.3 Å². The van der Waals surface area contributed by atoms with E-state index in [1.807, 2.05) is 14.1 Å². The van der Waals surface area contributed by atoms with Gasteiger partial charge in [0.05, 0.1) is 6.54 Å². The molecule has 20 heavy (non-hydrogen) atoms. The molecule has 0 aromatic heterocycles. The van der Waals surface area contributed by atoms with E-state index >= 15 is 0 Å². The van der Waals surface area contributed by atoms with Crippen LogP contribution < -0.4 is 10.6 Å². The van der Waals surface area contributed by atoms with Gasteiger partial charge >= 0.3 is 0 Å². The highest BCUT2D eigenvalue weighted by atomic mass is 16.2. The third-order valence-electron chi connectivity index (χ3n) is 2.68. The second-order valence-electron chi connectivity index (χ2n) is 4.98. The number of hydrogen-bond donors (Lipinski definition) is 2. The molecule has 2 amide bonds. The lowest BCUT2D eigenvalue weighted by Gasteiger charge is -2.11. The first-order valence-electron chi connectivity index (χ1n) is 6.85. The summed E-state index contributed by atoms with van der Waals surface area (Å²) in [4.78, 5) is 25.4. The fourth-order valence-corrected chi connectivity index (χ4v) is 1.71. The number of unbranched alkanes of at least 4 members (excludes halogenated alkanes) is 1. The molecule has 1 aromatic carbocycles. The van der Waals surface area contributed by atoms with Crippen LogP contribution in [-0.2, 0) is 4.79 Å². The molecule has 0 fully saturated rings. The summed E-state index contributed by atoms with van der Waals surface area (Å²) >= 11 is 0. The zero-order chi connectivity index (χ0) is 15.0. The minimum absolute atomic E-state index is 0.0986. The molecule has 5 heteroatoms. The molecule has 0 heterocycles. The van der Waals surface area contributed by atoms with Crippen molar-refractivity contribution in [1.82, 2.24) is 10.2 Å². The molecule has 1 rings (SSSR count). The second-order valence-corrected chi connectivity index (χ2v) is 4.98. The minimum atomic E-state index is -0.109. The lowest BCUT2D eigenvalue weighted by molar-refractivity contribution is -0.116. The van der Waals surface area contributed by atoms with Crippen molar-refractivity contribution in [2.75, 3.05) is 32.5 Å². The van der Waals surface area contributed by atoms with Crippen molar-refractivity contribution < 1.29 is 9.59 Å². The highest BCUT2D eigenvalue weighted by Crippen LogP contribution is 2.10. The predicted molar refractivity (Wildman–Crippen MR) is 80.9 cm³/mol. The molecular weight excluding hydrogens is 254 g/mol. The van der Waals surface area contributed by atoms with E-state index in [1.54, 1.807) is 29.2 Å². The molecular formula is C15H23N3O2. The van der Waals surface area contributed by atoms with Gasteiger partial charge < -0.3 is 15.5 Å². The van der Waals surface area contributed by atoms with Gasteiger partial charge in [-0.1, -0.05) is 19.4 Å². The molecule has 0 saturated heterocycles. The molecule has 0 aliphatic carbocycles. The quantitative estimate of drug-likeness (QED) is 0.746. The van der Waals surface area contributed by atoms with Crippen LogP contribution in [0.3, 0.4) is 0 Å². The number of likely N-dealkylation sites (N-methyl/N-ethyl adjacent to an activating group) is 1. The van der Waals surface area contributed by atoms with E-state index in [2.05, 4.69) is 17.6 Å². The number of rotatable bonds is 7. The summed E-state index contributed by atoms with van der Waals surface area (Å²) < 4.78 is 0. The SMILES string of the molecule is CCCCNC(=O)c1cccc(NC(=O)CN(C)C)c1. The molecule has 0 aliphatic heterocycles. The number of nitrogens with one attached hydrogen (secondary N) is 2. The summed E-state index contributed by atoms with van der Waals surface area (Å²) in [6.07, 6.45) is 2.01. The van der Waals surface area contributed by atoms with Crippen LogP contribution in [0.2, 0.25) is 0 Å². The lowest BCUT2D eigenvalue weighted by atomic mass is 10.2. The zero-order valence-corrected chi connectivity index (χ0v) is 12.4. The van der Waals surface area contributed by atoms with Crippen molar-refractivity contribution in [3.05, 3.63) is 29.8 Å². The molecule has 0 spiro atoms. The number of hydrogen-bond acceptors (Lipinski definition) is 3. The fourth-order valence-electron chi connectivity index (χ4n) is 1.71.